The Bertz CT molecular complexity index is 872. The van der Waals surface area contributed by atoms with Gasteiger partial charge < -0.3 is 10.3 Å². The molecule has 130 valence electrons. The van der Waals surface area contributed by atoms with Crippen LogP contribution in [0.3, 0.4) is 0 Å². The first-order valence-corrected chi connectivity index (χ1v) is 7.88. The van der Waals surface area contributed by atoms with Gasteiger partial charge in [-0.2, -0.15) is 0 Å². The van der Waals surface area contributed by atoms with Gasteiger partial charge in [0.1, 0.15) is 5.54 Å². The van der Waals surface area contributed by atoms with E-state index in [0.717, 1.165) is 5.56 Å². The normalized spacial score (nSPS) is 20.5. The van der Waals surface area contributed by atoms with E-state index in [9.17, 15) is 9.59 Å². The van der Waals surface area contributed by atoms with Gasteiger partial charge in [-0.25, -0.2) is 9.98 Å². The molecule has 1 amide bonds. The molecule has 1 aliphatic rings. The van der Waals surface area contributed by atoms with Crippen molar-refractivity contribution >= 4 is 17.6 Å². The van der Waals surface area contributed by atoms with E-state index in [2.05, 4.69) is 15.0 Å². The van der Waals surface area contributed by atoms with Crippen molar-refractivity contribution in [2.24, 2.45) is 17.8 Å². The largest absolute Gasteiger partial charge is 0.369 e. The number of carbonyl (C=O) groups is 2. The smallest absolute Gasteiger partial charge is 0.231 e. The van der Waals surface area contributed by atoms with Crippen molar-refractivity contribution in [3.05, 3.63) is 47.8 Å². The summed E-state index contributed by atoms with van der Waals surface area (Å²) >= 11 is 0. The van der Waals surface area contributed by atoms with Gasteiger partial charge in [-0.15, -0.1) is 0 Å². The van der Waals surface area contributed by atoms with Gasteiger partial charge in [0.15, 0.2) is 11.8 Å². The molecule has 8 nitrogen and oxygen atoms in total. The highest BCUT2D eigenvalue weighted by Gasteiger charge is 2.37. The van der Waals surface area contributed by atoms with E-state index in [1.807, 2.05) is 6.92 Å². The molecule has 2 aromatic heterocycles. The summed E-state index contributed by atoms with van der Waals surface area (Å²) in [5.74, 6) is 0.361. The molecule has 3 rings (SSSR count). The average Bonchev–Trinajstić information content (AvgIpc) is 2.99. The molecule has 8 heteroatoms. The number of imidazole rings is 1. The maximum absolute atomic E-state index is 12.4. The van der Waals surface area contributed by atoms with Crippen LogP contribution in [0.1, 0.15) is 35.2 Å². The van der Waals surface area contributed by atoms with Crippen molar-refractivity contribution in [3.8, 4) is 0 Å². The molecular formula is C17H20N6O2. The van der Waals surface area contributed by atoms with Gasteiger partial charge in [0.25, 0.3) is 0 Å². The molecule has 25 heavy (non-hydrogen) atoms. The van der Waals surface area contributed by atoms with Gasteiger partial charge in [0.2, 0.25) is 11.7 Å². The van der Waals surface area contributed by atoms with Gasteiger partial charge in [-0.1, -0.05) is 0 Å². The Morgan fingerprint density at radius 3 is 2.72 bits per heavy atom. The van der Waals surface area contributed by atoms with Crippen LogP contribution in [0.5, 0.6) is 0 Å². The molecule has 0 aromatic carbocycles. The number of carbonyl (C=O) groups excluding carboxylic acids is 2. The summed E-state index contributed by atoms with van der Waals surface area (Å²) in [5, 5.41) is 0. The second-order valence-corrected chi connectivity index (χ2v) is 6.38. The number of nitrogens with zero attached hydrogens (tertiary/aromatic N) is 5. The van der Waals surface area contributed by atoms with Crippen molar-refractivity contribution in [1.29, 1.82) is 0 Å². The molecule has 0 saturated carbocycles. The van der Waals surface area contributed by atoms with Crippen LogP contribution >= 0.6 is 0 Å². The van der Waals surface area contributed by atoms with Gasteiger partial charge in [0, 0.05) is 39.1 Å². The van der Waals surface area contributed by atoms with Gasteiger partial charge >= 0.3 is 0 Å². The molecule has 1 unspecified atom stereocenters. The van der Waals surface area contributed by atoms with Crippen molar-refractivity contribution in [2.45, 2.75) is 25.3 Å². The minimum Gasteiger partial charge on any atom is -0.369 e. The molecular weight excluding hydrogens is 320 g/mol. The second kappa shape index (κ2) is 6.12. The number of Topliss-reactive ketones (excluding diaryl/α,β-unsaturated/α-hetero) is 1. The SMILES string of the molecule is CN1C(=O)CC(C)(c2cc(CC(=O)c3nccn3C)ccn2)N=C1N. The number of aromatic nitrogens is 3. The molecule has 0 bridgehead atoms. The maximum Gasteiger partial charge on any atom is 0.231 e. The summed E-state index contributed by atoms with van der Waals surface area (Å²) in [6.07, 6.45) is 5.31. The standard InChI is InChI=1S/C17H20N6O2/c1-17(10-14(25)23(3)16(18)21-17)13-9-11(4-5-19-13)8-12(24)15-20-6-7-22(15)2/h4-7,9H,8,10H2,1-3H3,(H2,18,21). The third kappa shape index (κ3) is 3.15. The third-order valence-electron chi connectivity index (χ3n) is 4.39. The number of nitrogens with two attached hydrogens (primary N) is 1. The zero-order valence-electron chi connectivity index (χ0n) is 14.4. The Hall–Kier alpha value is -3.03. The number of hydrogen-bond donors (Lipinski definition) is 1. The predicted octanol–water partition coefficient (Wildman–Crippen LogP) is 0.632. The van der Waals surface area contributed by atoms with Crippen LogP contribution in [0.15, 0.2) is 35.7 Å². The Morgan fingerprint density at radius 1 is 1.32 bits per heavy atom. The minimum atomic E-state index is -0.837. The molecule has 0 spiro atoms. The quantitative estimate of drug-likeness (QED) is 0.822. The van der Waals surface area contributed by atoms with E-state index < -0.39 is 5.54 Å². The first-order valence-electron chi connectivity index (χ1n) is 7.88. The lowest BCUT2D eigenvalue weighted by molar-refractivity contribution is -0.128. The lowest BCUT2D eigenvalue weighted by Gasteiger charge is -2.32. The fourth-order valence-electron chi connectivity index (χ4n) is 2.83. The molecule has 2 aromatic rings. The summed E-state index contributed by atoms with van der Waals surface area (Å²) in [7, 11) is 3.37. The van der Waals surface area contributed by atoms with Crippen molar-refractivity contribution in [1.82, 2.24) is 19.4 Å². The molecule has 1 atom stereocenters. The van der Waals surface area contributed by atoms with E-state index in [1.165, 1.54) is 4.90 Å². The van der Waals surface area contributed by atoms with E-state index in [0.29, 0.717) is 11.5 Å². The summed E-state index contributed by atoms with van der Waals surface area (Å²) < 4.78 is 1.69. The van der Waals surface area contributed by atoms with E-state index >= 15 is 0 Å². The van der Waals surface area contributed by atoms with Crippen LogP contribution in [0, 0.1) is 0 Å². The molecule has 3 heterocycles. The lowest BCUT2D eigenvalue weighted by Crippen LogP contribution is -2.47. The van der Waals surface area contributed by atoms with Gasteiger partial charge in [-0.3, -0.25) is 19.5 Å². The first-order chi connectivity index (χ1) is 11.8. The van der Waals surface area contributed by atoms with E-state index in [4.69, 9.17) is 5.73 Å². The molecule has 0 radical (unpaired) electrons. The number of pyridine rings is 1. The number of amides is 1. The van der Waals surface area contributed by atoms with Gasteiger partial charge in [0.05, 0.1) is 12.1 Å². The van der Waals surface area contributed by atoms with Crippen molar-refractivity contribution < 1.29 is 9.59 Å². The molecule has 0 aliphatic carbocycles. The Morgan fingerprint density at radius 2 is 2.08 bits per heavy atom. The summed E-state index contributed by atoms with van der Waals surface area (Å²) in [6.45, 7) is 1.82. The zero-order valence-corrected chi connectivity index (χ0v) is 14.4. The Balaban J connectivity index is 1.88. The first kappa shape index (κ1) is 16.8. The van der Waals surface area contributed by atoms with Crippen LogP contribution in [-0.2, 0) is 23.8 Å². The van der Waals surface area contributed by atoms with Crippen LogP contribution < -0.4 is 5.73 Å². The summed E-state index contributed by atoms with van der Waals surface area (Å²) in [5.41, 5.74) is 6.41. The molecule has 1 aliphatic heterocycles. The van der Waals surface area contributed by atoms with Crippen LogP contribution in [0.25, 0.3) is 0 Å². The molecule has 0 saturated heterocycles. The van der Waals surface area contributed by atoms with Crippen LogP contribution in [0.4, 0.5) is 0 Å². The number of aryl methyl sites for hydroxylation is 1. The highest BCUT2D eigenvalue weighted by Crippen LogP contribution is 2.31. The maximum atomic E-state index is 12.4. The summed E-state index contributed by atoms with van der Waals surface area (Å²) in [6, 6.07) is 3.58. The summed E-state index contributed by atoms with van der Waals surface area (Å²) in [4.78, 5) is 38.7. The number of hydrogen-bond acceptors (Lipinski definition) is 6. The fourth-order valence-corrected chi connectivity index (χ4v) is 2.83. The Kier molecular flexibility index (Phi) is 4.12. The highest BCUT2D eigenvalue weighted by atomic mass is 16.2. The number of guanidine groups is 1. The highest BCUT2D eigenvalue weighted by molar-refractivity contribution is 5.98. The van der Waals surface area contributed by atoms with E-state index in [1.54, 1.807) is 49.4 Å². The molecule has 0 fully saturated rings. The zero-order chi connectivity index (χ0) is 18.2. The Labute approximate surface area is 145 Å². The predicted molar refractivity (Wildman–Crippen MR) is 91.8 cm³/mol. The molecule has 2 N–H and O–H groups in total. The van der Waals surface area contributed by atoms with Crippen LogP contribution in [-0.4, -0.2) is 44.1 Å². The minimum absolute atomic E-state index is 0.0859. The third-order valence-corrected chi connectivity index (χ3v) is 4.39. The number of aliphatic imine (C=N–C) groups is 1. The topological polar surface area (TPSA) is 106 Å². The van der Waals surface area contributed by atoms with Crippen LogP contribution in [0.2, 0.25) is 0 Å². The van der Waals surface area contributed by atoms with Crippen molar-refractivity contribution in [2.75, 3.05) is 7.05 Å². The number of ketones is 1. The lowest BCUT2D eigenvalue weighted by atomic mass is 9.90. The monoisotopic (exact) mass is 340 g/mol. The second-order valence-electron chi connectivity index (χ2n) is 6.38. The number of rotatable bonds is 4. The van der Waals surface area contributed by atoms with Crippen molar-refractivity contribution in [3.63, 3.8) is 0 Å². The van der Waals surface area contributed by atoms with Gasteiger partial charge in [-0.05, 0) is 24.6 Å². The fraction of sp³-hybridized carbons (Fsp3) is 0.353. The van der Waals surface area contributed by atoms with E-state index in [-0.39, 0.29) is 30.5 Å². The average molecular weight is 340 g/mol.